The normalized spacial score (nSPS) is 15.4. The van der Waals surface area contributed by atoms with Gasteiger partial charge in [-0.15, -0.1) is 0 Å². The summed E-state index contributed by atoms with van der Waals surface area (Å²) < 4.78 is 32.3. The maximum Gasteiger partial charge on any atom is 0.337 e. The van der Waals surface area contributed by atoms with E-state index < -0.39 is 16.0 Å². The van der Waals surface area contributed by atoms with E-state index in [0.717, 1.165) is 25.7 Å². The maximum atomic E-state index is 12.3. The molecule has 7 nitrogen and oxygen atoms in total. The quantitative estimate of drug-likeness (QED) is 0.547. The van der Waals surface area contributed by atoms with Gasteiger partial charge in [-0.05, 0) is 44.4 Å². The third-order valence-electron chi connectivity index (χ3n) is 4.21. The van der Waals surface area contributed by atoms with Crippen molar-refractivity contribution in [1.29, 1.82) is 0 Å². The van der Waals surface area contributed by atoms with Crippen LogP contribution < -0.4 is 10.0 Å². The SMILES string of the molecule is CCOCCCNS(=O)(=O)c1ccc(NC2CCCC2)c(C(=O)O)c1. The van der Waals surface area contributed by atoms with Gasteiger partial charge < -0.3 is 15.2 Å². The summed E-state index contributed by atoms with van der Waals surface area (Å²) in [5.74, 6) is -1.14. The van der Waals surface area contributed by atoms with Crippen molar-refractivity contribution in [3.8, 4) is 0 Å². The van der Waals surface area contributed by atoms with Gasteiger partial charge in [-0.25, -0.2) is 17.9 Å². The van der Waals surface area contributed by atoms with Gasteiger partial charge in [0.2, 0.25) is 10.0 Å². The van der Waals surface area contributed by atoms with E-state index in [9.17, 15) is 18.3 Å². The zero-order valence-electron chi connectivity index (χ0n) is 14.5. The van der Waals surface area contributed by atoms with Crippen molar-refractivity contribution in [3.05, 3.63) is 23.8 Å². The molecule has 0 atom stereocenters. The summed E-state index contributed by atoms with van der Waals surface area (Å²) in [5, 5.41) is 12.7. The summed E-state index contributed by atoms with van der Waals surface area (Å²) in [6.45, 7) is 3.18. The molecule has 0 bridgehead atoms. The minimum Gasteiger partial charge on any atom is -0.478 e. The maximum absolute atomic E-state index is 12.3. The molecule has 1 saturated carbocycles. The highest BCUT2D eigenvalue weighted by Crippen LogP contribution is 2.26. The Hall–Kier alpha value is -1.64. The number of nitrogens with one attached hydrogen (secondary N) is 2. The van der Waals surface area contributed by atoms with Crippen LogP contribution >= 0.6 is 0 Å². The molecular formula is C17H26N2O5S. The fraction of sp³-hybridized carbons (Fsp3) is 0.588. The predicted octanol–water partition coefficient (Wildman–Crippen LogP) is 2.44. The smallest absolute Gasteiger partial charge is 0.337 e. The molecule has 0 aliphatic heterocycles. The summed E-state index contributed by atoms with van der Waals surface area (Å²) in [6, 6.07) is 4.44. The van der Waals surface area contributed by atoms with Crippen LogP contribution in [0.5, 0.6) is 0 Å². The second-order valence-corrected chi connectivity index (χ2v) is 7.85. The van der Waals surface area contributed by atoms with Gasteiger partial charge in [-0.3, -0.25) is 0 Å². The van der Waals surface area contributed by atoms with Crippen LogP contribution in [0.3, 0.4) is 0 Å². The van der Waals surface area contributed by atoms with Gasteiger partial charge in [0.25, 0.3) is 0 Å². The number of rotatable bonds is 10. The monoisotopic (exact) mass is 370 g/mol. The molecule has 0 heterocycles. The lowest BCUT2D eigenvalue weighted by atomic mass is 10.1. The molecule has 3 N–H and O–H groups in total. The Morgan fingerprint density at radius 3 is 2.68 bits per heavy atom. The van der Waals surface area contributed by atoms with Gasteiger partial charge in [-0.2, -0.15) is 0 Å². The molecule has 1 fully saturated rings. The number of hydrogen-bond acceptors (Lipinski definition) is 5. The molecule has 0 amide bonds. The molecule has 0 radical (unpaired) electrons. The van der Waals surface area contributed by atoms with Crippen LogP contribution in [0.2, 0.25) is 0 Å². The van der Waals surface area contributed by atoms with Crippen LogP contribution in [-0.2, 0) is 14.8 Å². The van der Waals surface area contributed by atoms with E-state index in [4.69, 9.17) is 4.74 Å². The highest BCUT2D eigenvalue weighted by molar-refractivity contribution is 7.89. The van der Waals surface area contributed by atoms with Gasteiger partial charge in [-0.1, -0.05) is 12.8 Å². The van der Waals surface area contributed by atoms with E-state index in [2.05, 4.69) is 10.0 Å². The molecule has 0 aromatic heterocycles. The van der Waals surface area contributed by atoms with Crippen LogP contribution in [0.15, 0.2) is 23.1 Å². The van der Waals surface area contributed by atoms with Crippen molar-refractivity contribution in [2.45, 2.75) is 50.0 Å². The molecule has 1 aliphatic rings. The van der Waals surface area contributed by atoms with E-state index in [-0.39, 0.29) is 23.0 Å². The van der Waals surface area contributed by atoms with E-state index in [0.29, 0.717) is 25.3 Å². The van der Waals surface area contributed by atoms with Crippen LogP contribution in [0, 0.1) is 0 Å². The van der Waals surface area contributed by atoms with Crippen molar-refractivity contribution in [2.75, 3.05) is 25.1 Å². The van der Waals surface area contributed by atoms with Gasteiger partial charge in [0.15, 0.2) is 0 Å². The highest BCUT2D eigenvalue weighted by atomic mass is 32.2. The number of aromatic carboxylic acids is 1. The Morgan fingerprint density at radius 2 is 2.04 bits per heavy atom. The van der Waals surface area contributed by atoms with Gasteiger partial charge >= 0.3 is 5.97 Å². The fourth-order valence-electron chi connectivity index (χ4n) is 2.89. The van der Waals surface area contributed by atoms with Gasteiger partial charge in [0.1, 0.15) is 0 Å². The minimum absolute atomic E-state index is 0.0240. The average Bonchev–Trinajstić information content (AvgIpc) is 3.07. The topological polar surface area (TPSA) is 105 Å². The summed E-state index contributed by atoms with van der Waals surface area (Å²) >= 11 is 0. The molecule has 8 heteroatoms. The summed E-state index contributed by atoms with van der Waals surface area (Å²) in [4.78, 5) is 11.5. The van der Waals surface area contributed by atoms with Crippen molar-refractivity contribution in [1.82, 2.24) is 4.72 Å². The number of carbonyl (C=O) groups is 1. The molecule has 0 unspecified atom stereocenters. The van der Waals surface area contributed by atoms with Gasteiger partial charge in [0, 0.05) is 31.5 Å². The Labute approximate surface area is 148 Å². The lowest BCUT2D eigenvalue weighted by Gasteiger charge is -2.16. The molecular weight excluding hydrogens is 344 g/mol. The Bertz CT molecular complexity index is 684. The van der Waals surface area contributed by atoms with E-state index in [1.54, 1.807) is 0 Å². The number of hydrogen-bond donors (Lipinski definition) is 3. The van der Waals surface area contributed by atoms with Crippen molar-refractivity contribution in [2.24, 2.45) is 0 Å². The lowest BCUT2D eigenvalue weighted by molar-refractivity contribution is 0.0697. The van der Waals surface area contributed by atoms with E-state index in [1.807, 2.05) is 6.92 Å². The predicted molar refractivity (Wildman–Crippen MR) is 95.6 cm³/mol. The second kappa shape index (κ2) is 9.17. The zero-order valence-corrected chi connectivity index (χ0v) is 15.3. The van der Waals surface area contributed by atoms with Crippen LogP contribution in [0.25, 0.3) is 0 Å². The third kappa shape index (κ3) is 5.69. The molecule has 2 rings (SSSR count). The standard InChI is InChI=1S/C17H26N2O5S/c1-2-24-11-5-10-18-25(22,23)14-8-9-16(15(12-14)17(20)21)19-13-6-3-4-7-13/h8-9,12-13,18-19H,2-7,10-11H2,1H3,(H,20,21). The van der Waals surface area contributed by atoms with Crippen molar-refractivity contribution >= 4 is 21.7 Å². The largest absolute Gasteiger partial charge is 0.478 e. The molecule has 1 aromatic rings. The summed E-state index contributed by atoms with van der Waals surface area (Å²) in [7, 11) is -3.74. The number of sulfonamides is 1. The van der Waals surface area contributed by atoms with E-state index in [1.165, 1.54) is 18.2 Å². The fourth-order valence-corrected chi connectivity index (χ4v) is 3.99. The first-order valence-electron chi connectivity index (χ1n) is 8.65. The number of carboxylic acids is 1. The molecule has 140 valence electrons. The first kappa shape index (κ1) is 19.7. The zero-order chi connectivity index (χ0) is 18.3. The number of anilines is 1. The number of ether oxygens (including phenoxy) is 1. The van der Waals surface area contributed by atoms with Crippen molar-refractivity contribution < 1.29 is 23.1 Å². The summed E-state index contributed by atoms with van der Waals surface area (Å²) in [5.41, 5.74) is 0.443. The van der Waals surface area contributed by atoms with Crippen LogP contribution in [-0.4, -0.2) is 45.3 Å². The molecule has 25 heavy (non-hydrogen) atoms. The molecule has 1 aliphatic carbocycles. The van der Waals surface area contributed by atoms with E-state index >= 15 is 0 Å². The van der Waals surface area contributed by atoms with Crippen molar-refractivity contribution in [3.63, 3.8) is 0 Å². The first-order valence-corrected chi connectivity index (χ1v) is 10.1. The highest BCUT2D eigenvalue weighted by Gasteiger charge is 2.21. The first-order chi connectivity index (χ1) is 11.9. The van der Waals surface area contributed by atoms with Crippen LogP contribution in [0.1, 0.15) is 49.4 Å². The molecule has 0 spiro atoms. The minimum atomic E-state index is -3.74. The van der Waals surface area contributed by atoms with Gasteiger partial charge in [0.05, 0.1) is 10.5 Å². The lowest BCUT2D eigenvalue weighted by Crippen LogP contribution is -2.26. The Morgan fingerprint density at radius 1 is 1.32 bits per heavy atom. The number of carboxylic acid groups (broad SMARTS) is 1. The summed E-state index contributed by atoms with van der Waals surface area (Å²) in [6.07, 6.45) is 4.80. The Balaban J connectivity index is 2.09. The van der Waals surface area contributed by atoms with Crippen LogP contribution in [0.4, 0.5) is 5.69 Å². The average molecular weight is 370 g/mol. The Kier molecular flexibility index (Phi) is 7.22. The second-order valence-electron chi connectivity index (χ2n) is 6.09. The molecule has 0 saturated heterocycles. The third-order valence-corrected chi connectivity index (χ3v) is 5.67. The number of benzene rings is 1. The molecule has 1 aromatic carbocycles.